The van der Waals surface area contributed by atoms with Gasteiger partial charge in [0.05, 0.1) is 12.8 Å². The zero-order chi connectivity index (χ0) is 15.1. The van der Waals surface area contributed by atoms with Crippen LogP contribution in [0.25, 0.3) is 0 Å². The van der Waals surface area contributed by atoms with Crippen LogP contribution in [0.1, 0.15) is 11.1 Å². The minimum atomic E-state index is -0.968. The molecule has 7 heteroatoms. The highest BCUT2D eigenvalue weighted by atomic mass is 16.5. The molecule has 0 radical (unpaired) electrons. The number of hydrogen-bond acceptors (Lipinski definition) is 5. The van der Waals surface area contributed by atoms with Crippen LogP contribution in [0, 0.1) is 13.8 Å². The van der Waals surface area contributed by atoms with Crippen LogP contribution in [0.5, 0.6) is 0 Å². The third-order valence-corrected chi connectivity index (χ3v) is 2.38. The van der Waals surface area contributed by atoms with Crippen molar-refractivity contribution in [1.29, 1.82) is 0 Å². The number of methoxy groups -OCH3 is 1. The van der Waals surface area contributed by atoms with E-state index >= 15 is 0 Å². The SMILES string of the molecule is COC=Nc1cc(C)cc(C)c1N=NN(C)CC(=O)O. The van der Waals surface area contributed by atoms with Crippen LogP contribution in [0.4, 0.5) is 11.4 Å². The number of nitrogens with zero attached hydrogens (tertiary/aromatic N) is 4. The lowest BCUT2D eigenvalue weighted by Crippen LogP contribution is -2.19. The van der Waals surface area contributed by atoms with Crippen molar-refractivity contribution in [3.8, 4) is 0 Å². The Labute approximate surface area is 117 Å². The lowest BCUT2D eigenvalue weighted by molar-refractivity contribution is -0.138. The molecule has 0 saturated carbocycles. The Morgan fingerprint density at radius 1 is 1.45 bits per heavy atom. The normalized spacial score (nSPS) is 11.2. The lowest BCUT2D eigenvalue weighted by Gasteiger charge is -2.09. The van der Waals surface area contributed by atoms with Gasteiger partial charge in [0.25, 0.3) is 0 Å². The molecule has 108 valence electrons. The molecule has 0 amide bonds. The Morgan fingerprint density at radius 3 is 2.75 bits per heavy atom. The highest BCUT2D eigenvalue weighted by molar-refractivity contribution is 5.71. The standard InChI is InChI=1S/C13H18N4O3/c1-9-5-10(2)13(11(6-9)14-8-20-4)15-16-17(3)7-12(18)19/h5-6,8H,7H2,1-4H3,(H,18,19). The number of carboxylic acids is 1. The Kier molecular flexibility index (Phi) is 5.64. The van der Waals surface area contributed by atoms with Crippen LogP contribution in [-0.4, -0.2) is 43.2 Å². The van der Waals surface area contributed by atoms with Gasteiger partial charge in [-0.15, -0.1) is 5.11 Å². The van der Waals surface area contributed by atoms with Gasteiger partial charge >= 0.3 is 5.97 Å². The van der Waals surface area contributed by atoms with Crippen molar-refractivity contribution in [2.45, 2.75) is 13.8 Å². The van der Waals surface area contributed by atoms with Crippen LogP contribution in [-0.2, 0) is 9.53 Å². The maximum absolute atomic E-state index is 10.6. The Bertz CT molecular complexity index is 541. The molecule has 7 nitrogen and oxygen atoms in total. The highest BCUT2D eigenvalue weighted by Crippen LogP contribution is 2.33. The fraction of sp³-hybridized carbons (Fsp3) is 0.385. The maximum Gasteiger partial charge on any atom is 0.324 e. The Balaban J connectivity index is 3.06. The minimum absolute atomic E-state index is 0.217. The molecule has 0 aromatic heterocycles. The van der Waals surface area contributed by atoms with E-state index in [0.717, 1.165) is 11.1 Å². The van der Waals surface area contributed by atoms with E-state index in [4.69, 9.17) is 9.84 Å². The van der Waals surface area contributed by atoms with E-state index in [1.54, 1.807) is 7.05 Å². The molecular formula is C13H18N4O3. The van der Waals surface area contributed by atoms with E-state index in [9.17, 15) is 4.79 Å². The molecule has 0 atom stereocenters. The summed E-state index contributed by atoms with van der Waals surface area (Å²) in [5.74, 6) is -0.968. The Morgan fingerprint density at radius 2 is 2.15 bits per heavy atom. The highest BCUT2D eigenvalue weighted by Gasteiger charge is 2.07. The number of carboxylic acid groups (broad SMARTS) is 1. The molecule has 0 spiro atoms. The molecule has 20 heavy (non-hydrogen) atoms. The molecule has 0 aliphatic rings. The molecule has 1 aromatic carbocycles. The monoisotopic (exact) mass is 278 g/mol. The number of rotatable bonds is 6. The molecule has 1 rings (SSSR count). The predicted octanol–water partition coefficient (Wildman–Crippen LogP) is 2.62. The summed E-state index contributed by atoms with van der Waals surface area (Å²) in [4.78, 5) is 14.7. The second kappa shape index (κ2) is 7.22. The maximum atomic E-state index is 10.6. The van der Waals surface area contributed by atoms with Crippen LogP contribution in [0.15, 0.2) is 27.5 Å². The molecular weight excluding hydrogens is 260 g/mol. The van der Waals surface area contributed by atoms with Gasteiger partial charge in [-0.1, -0.05) is 11.3 Å². The van der Waals surface area contributed by atoms with Crippen molar-refractivity contribution in [1.82, 2.24) is 5.01 Å². The van der Waals surface area contributed by atoms with Gasteiger partial charge in [-0.25, -0.2) is 4.99 Å². The largest absolute Gasteiger partial charge is 0.486 e. The third kappa shape index (κ3) is 4.68. The summed E-state index contributed by atoms with van der Waals surface area (Å²) in [5, 5.41) is 17.8. The third-order valence-electron chi connectivity index (χ3n) is 2.38. The van der Waals surface area contributed by atoms with Gasteiger partial charge in [0.2, 0.25) is 0 Å². The summed E-state index contributed by atoms with van der Waals surface area (Å²) < 4.78 is 4.81. The molecule has 1 N–H and O–H groups in total. The van der Waals surface area contributed by atoms with E-state index in [2.05, 4.69) is 15.3 Å². The van der Waals surface area contributed by atoms with Crippen LogP contribution in [0.3, 0.4) is 0 Å². The first kappa shape index (κ1) is 15.6. The second-order valence-corrected chi connectivity index (χ2v) is 4.32. The summed E-state index contributed by atoms with van der Waals surface area (Å²) in [5.41, 5.74) is 3.15. The van der Waals surface area contributed by atoms with E-state index in [0.29, 0.717) is 11.4 Å². The van der Waals surface area contributed by atoms with Gasteiger partial charge in [-0.2, -0.15) is 0 Å². The Hall–Kier alpha value is -2.44. The predicted molar refractivity (Wildman–Crippen MR) is 75.9 cm³/mol. The van der Waals surface area contributed by atoms with Gasteiger partial charge in [-0.05, 0) is 31.0 Å². The lowest BCUT2D eigenvalue weighted by atomic mass is 10.1. The number of likely N-dealkylation sites (N-methyl/N-ethyl adjacent to an activating group) is 1. The fourth-order valence-electron chi connectivity index (χ4n) is 1.62. The quantitative estimate of drug-likeness (QED) is 0.375. The van der Waals surface area contributed by atoms with Crippen molar-refractivity contribution in [3.63, 3.8) is 0 Å². The van der Waals surface area contributed by atoms with E-state index in [-0.39, 0.29) is 6.54 Å². The molecule has 1 aromatic rings. The first-order valence-electron chi connectivity index (χ1n) is 5.95. The summed E-state index contributed by atoms with van der Waals surface area (Å²) in [6.45, 7) is 3.63. The number of aliphatic carboxylic acids is 1. The fourth-order valence-corrected chi connectivity index (χ4v) is 1.62. The summed E-state index contributed by atoms with van der Waals surface area (Å²) >= 11 is 0. The zero-order valence-electron chi connectivity index (χ0n) is 12.0. The van der Waals surface area contributed by atoms with Crippen molar-refractivity contribution < 1.29 is 14.6 Å². The van der Waals surface area contributed by atoms with Crippen LogP contribution in [0.2, 0.25) is 0 Å². The minimum Gasteiger partial charge on any atom is -0.486 e. The van der Waals surface area contributed by atoms with Crippen molar-refractivity contribution >= 4 is 23.7 Å². The average molecular weight is 278 g/mol. The average Bonchev–Trinajstić information content (AvgIpc) is 2.33. The first-order chi connectivity index (χ1) is 9.43. The smallest absolute Gasteiger partial charge is 0.324 e. The molecule has 0 aliphatic heterocycles. The van der Waals surface area contributed by atoms with Gasteiger partial charge in [0.1, 0.15) is 12.2 Å². The second-order valence-electron chi connectivity index (χ2n) is 4.32. The van der Waals surface area contributed by atoms with Gasteiger partial charge in [-0.3, -0.25) is 9.80 Å². The van der Waals surface area contributed by atoms with Crippen molar-refractivity contribution in [3.05, 3.63) is 23.3 Å². The summed E-state index contributed by atoms with van der Waals surface area (Å²) in [7, 11) is 3.05. The van der Waals surface area contributed by atoms with Crippen LogP contribution < -0.4 is 0 Å². The molecule has 0 unspecified atom stereocenters. The number of carbonyl (C=O) groups is 1. The number of ether oxygens (including phenoxy) is 1. The molecule has 0 bridgehead atoms. The number of benzene rings is 1. The van der Waals surface area contributed by atoms with Gasteiger partial charge < -0.3 is 9.84 Å². The number of aryl methyl sites for hydroxylation is 2. The zero-order valence-corrected chi connectivity index (χ0v) is 12.0. The van der Waals surface area contributed by atoms with E-state index in [1.165, 1.54) is 18.5 Å². The molecule has 0 aliphatic carbocycles. The summed E-state index contributed by atoms with van der Waals surface area (Å²) in [6, 6.07) is 3.81. The summed E-state index contributed by atoms with van der Waals surface area (Å²) in [6.07, 6.45) is 1.31. The first-order valence-corrected chi connectivity index (χ1v) is 5.95. The van der Waals surface area contributed by atoms with Gasteiger partial charge in [0.15, 0.2) is 6.40 Å². The molecule has 0 heterocycles. The molecule has 0 fully saturated rings. The van der Waals surface area contributed by atoms with E-state index in [1.807, 2.05) is 26.0 Å². The molecule has 0 saturated heterocycles. The topological polar surface area (TPSA) is 86.9 Å². The van der Waals surface area contributed by atoms with E-state index < -0.39 is 5.97 Å². The van der Waals surface area contributed by atoms with Crippen molar-refractivity contribution in [2.75, 3.05) is 20.7 Å². The number of aliphatic imine (C=N–C) groups is 1. The van der Waals surface area contributed by atoms with Crippen molar-refractivity contribution in [2.24, 2.45) is 15.3 Å². The number of hydrogen-bond donors (Lipinski definition) is 1. The van der Waals surface area contributed by atoms with Gasteiger partial charge in [0, 0.05) is 7.05 Å². The van der Waals surface area contributed by atoms with Crippen LogP contribution >= 0.6 is 0 Å².